The number of methoxy groups -OCH3 is 1. The van der Waals surface area contributed by atoms with Gasteiger partial charge < -0.3 is 4.74 Å². The van der Waals surface area contributed by atoms with Crippen molar-refractivity contribution >= 4 is 5.97 Å². The predicted molar refractivity (Wildman–Crippen MR) is 52.7 cm³/mol. The van der Waals surface area contributed by atoms with Gasteiger partial charge in [-0.05, 0) is 25.2 Å². The van der Waals surface area contributed by atoms with Crippen LogP contribution in [0.2, 0.25) is 0 Å². The minimum atomic E-state index is -0.706. The van der Waals surface area contributed by atoms with Crippen molar-refractivity contribution in [2.75, 3.05) is 7.11 Å². The summed E-state index contributed by atoms with van der Waals surface area (Å²) >= 11 is 0. The highest BCUT2D eigenvalue weighted by Gasteiger charge is 2.23. The molecule has 82 valence electrons. The molecule has 1 aliphatic carbocycles. The number of rotatable bonds is 3. The number of halogens is 1. The van der Waals surface area contributed by atoms with Crippen LogP contribution in [0.4, 0.5) is 4.39 Å². The van der Waals surface area contributed by atoms with Crippen molar-refractivity contribution in [2.45, 2.75) is 51.1 Å². The fourth-order valence-corrected chi connectivity index (χ4v) is 2.07. The van der Waals surface area contributed by atoms with Crippen molar-refractivity contribution in [2.24, 2.45) is 5.92 Å². The molecule has 0 spiro atoms. The van der Waals surface area contributed by atoms with Crippen LogP contribution in [0.1, 0.15) is 44.9 Å². The van der Waals surface area contributed by atoms with Crippen LogP contribution >= 0.6 is 0 Å². The Balaban J connectivity index is 2.29. The standard InChI is InChI=1S/C11H19FO2/c1-14-11(13)8-7-9-5-3-2-4-6-10(9)12/h9-10H,2-8H2,1H3/t9-,10+/m0/s1. The van der Waals surface area contributed by atoms with E-state index in [1.807, 2.05) is 0 Å². The Kier molecular flexibility index (Phi) is 4.91. The van der Waals surface area contributed by atoms with Gasteiger partial charge in [0.05, 0.1) is 7.11 Å². The highest BCUT2D eigenvalue weighted by molar-refractivity contribution is 5.69. The summed E-state index contributed by atoms with van der Waals surface area (Å²) in [7, 11) is 1.38. The van der Waals surface area contributed by atoms with E-state index in [1.54, 1.807) is 0 Å². The fourth-order valence-electron chi connectivity index (χ4n) is 2.07. The molecule has 0 N–H and O–H groups in total. The summed E-state index contributed by atoms with van der Waals surface area (Å²) in [6, 6.07) is 0. The molecule has 0 saturated heterocycles. The number of hydrogen-bond acceptors (Lipinski definition) is 2. The van der Waals surface area contributed by atoms with Crippen molar-refractivity contribution in [3.63, 3.8) is 0 Å². The maximum atomic E-state index is 13.5. The zero-order chi connectivity index (χ0) is 10.4. The molecular formula is C11H19FO2. The molecule has 0 unspecified atom stereocenters. The lowest BCUT2D eigenvalue weighted by molar-refractivity contribution is -0.141. The summed E-state index contributed by atoms with van der Waals surface area (Å²) in [6.07, 6.45) is 5.14. The Bertz CT molecular complexity index is 182. The highest BCUT2D eigenvalue weighted by Crippen LogP contribution is 2.29. The number of carbonyl (C=O) groups excluding carboxylic acids is 1. The zero-order valence-corrected chi connectivity index (χ0v) is 8.80. The SMILES string of the molecule is COC(=O)CC[C@@H]1CCCCC[C@H]1F. The largest absolute Gasteiger partial charge is 0.469 e. The van der Waals surface area contributed by atoms with Gasteiger partial charge in [-0.15, -0.1) is 0 Å². The van der Waals surface area contributed by atoms with Crippen LogP contribution in [0.25, 0.3) is 0 Å². The van der Waals surface area contributed by atoms with Gasteiger partial charge in [-0.2, -0.15) is 0 Å². The third kappa shape index (κ3) is 3.64. The molecule has 1 fully saturated rings. The van der Waals surface area contributed by atoms with Gasteiger partial charge in [0.25, 0.3) is 0 Å². The Labute approximate surface area is 84.8 Å². The molecule has 1 rings (SSSR count). The Hall–Kier alpha value is -0.600. The molecule has 0 amide bonds. The molecule has 1 saturated carbocycles. The second-order valence-corrected chi connectivity index (χ2v) is 4.03. The van der Waals surface area contributed by atoms with E-state index in [0.717, 1.165) is 25.7 Å². The molecule has 0 aromatic carbocycles. The molecule has 3 heteroatoms. The number of carbonyl (C=O) groups is 1. The molecule has 0 heterocycles. The van der Waals surface area contributed by atoms with Crippen LogP contribution < -0.4 is 0 Å². The Morgan fingerprint density at radius 1 is 1.36 bits per heavy atom. The monoisotopic (exact) mass is 202 g/mol. The molecule has 0 radical (unpaired) electrons. The van der Waals surface area contributed by atoms with Gasteiger partial charge in [-0.1, -0.05) is 19.3 Å². The van der Waals surface area contributed by atoms with Crippen molar-refractivity contribution < 1.29 is 13.9 Å². The molecule has 0 aromatic rings. The van der Waals surface area contributed by atoms with Gasteiger partial charge in [0.2, 0.25) is 0 Å². The molecule has 0 bridgehead atoms. The summed E-state index contributed by atoms with van der Waals surface area (Å²) in [5, 5.41) is 0. The summed E-state index contributed by atoms with van der Waals surface area (Å²) in [5.74, 6) is -0.141. The highest BCUT2D eigenvalue weighted by atomic mass is 19.1. The van der Waals surface area contributed by atoms with Gasteiger partial charge in [0, 0.05) is 6.42 Å². The Morgan fingerprint density at radius 3 is 2.79 bits per heavy atom. The number of ether oxygens (including phenoxy) is 1. The van der Waals surface area contributed by atoms with Crippen molar-refractivity contribution in [3.05, 3.63) is 0 Å². The first-order valence-corrected chi connectivity index (χ1v) is 5.45. The van der Waals surface area contributed by atoms with Gasteiger partial charge in [-0.3, -0.25) is 4.79 Å². The van der Waals surface area contributed by atoms with E-state index < -0.39 is 6.17 Å². The van der Waals surface area contributed by atoms with Crippen LogP contribution in [0, 0.1) is 5.92 Å². The first kappa shape index (κ1) is 11.5. The summed E-state index contributed by atoms with van der Waals surface area (Å²) < 4.78 is 18.1. The molecule has 14 heavy (non-hydrogen) atoms. The van der Waals surface area contributed by atoms with Crippen LogP contribution in [-0.2, 0) is 9.53 Å². The van der Waals surface area contributed by atoms with Crippen LogP contribution in [-0.4, -0.2) is 19.3 Å². The lowest BCUT2D eigenvalue weighted by Crippen LogP contribution is -2.16. The molecule has 0 aromatic heterocycles. The lowest BCUT2D eigenvalue weighted by Gasteiger charge is -2.17. The van der Waals surface area contributed by atoms with E-state index in [-0.39, 0.29) is 11.9 Å². The summed E-state index contributed by atoms with van der Waals surface area (Å²) in [4.78, 5) is 10.9. The quantitative estimate of drug-likeness (QED) is 0.519. The van der Waals surface area contributed by atoms with Crippen LogP contribution in [0.5, 0.6) is 0 Å². The third-order valence-corrected chi connectivity index (χ3v) is 3.01. The number of hydrogen-bond donors (Lipinski definition) is 0. The second-order valence-electron chi connectivity index (χ2n) is 4.03. The average Bonchev–Trinajstić information content (AvgIpc) is 2.39. The van der Waals surface area contributed by atoms with E-state index in [9.17, 15) is 9.18 Å². The van der Waals surface area contributed by atoms with E-state index in [1.165, 1.54) is 7.11 Å². The molecule has 1 aliphatic rings. The maximum absolute atomic E-state index is 13.5. The predicted octanol–water partition coefficient (Wildman–Crippen LogP) is 2.86. The maximum Gasteiger partial charge on any atom is 0.305 e. The first-order valence-electron chi connectivity index (χ1n) is 5.45. The topological polar surface area (TPSA) is 26.3 Å². The van der Waals surface area contributed by atoms with Gasteiger partial charge in [0.15, 0.2) is 0 Å². The van der Waals surface area contributed by atoms with Crippen molar-refractivity contribution in [1.29, 1.82) is 0 Å². The van der Waals surface area contributed by atoms with Gasteiger partial charge in [-0.25, -0.2) is 4.39 Å². The van der Waals surface area contributed by atoms with E-state index in [4.69, 9.17) is 0 Å². The van der Waals surface area contributed by atoms with E-state index in [2.05, 4.69) is 4.74 Å². The van der Waals surface area contributed by atoms with Crippen molar-refractivity contribution in [3.8, 4) is 0 Å². The van der Waals surface area contributed by atoms with E-state index in [0.29, 0.717) is 19.3 Å². The second kappa shape index (κ2) is 5.99. The molecular weight excluding hydrogens is 183 g/mol. The normalized spacial score (nSPS) is 28.1. The first-order chi connectivity index (χ1) is 6.74. The Morgan fingerprint density at radius 2 is 2.07 bits per heavy atom. The third-order valence-electron chi connectivity index (χ3n) is 3.01. The minimum Gasteiger partial charge on any atom is -0.469 e. The van der Waals surface area contributed by atoms with Crippen molar-refractivity contribution in [1.82, 2.24) is 0 Å². The molecule has 0 aliphatic heterocycles. The van der Waals surface area contributed by atoms with E-state index >= 15 is 0 Å². The zero-order valence-electron chi connectivity index (χ0n) is 8.80. The molecule has 2 atom stereocenters. The van der Waals surface area contributed by atoms with Gasteiger partial charge >= 0.3 is 5.97 Å². The molecule has 2 nitrogen and oxygen atoms in total. The summed E-state index contributed by atoms with van der Waals surface area (Å²) in [6.45, 7) is 0. The summed E-state index contributed by atoms with van der Waals surface area (Å²) in [5.41, 5.74) is 0. The minimum absolute atomic E-state index is 0.0802. The van der Waals surface area contributed by atoms with Gasteiger partial charge in [0.1, 0.15) is 6.17 Å². The lowest BCUT2D eigenvalue weighted by atomic mass is 9.93. The van der Waals surface area contributed by atoms with Crippen LogP contribution in [0.15, 0.2) is 0 Å². The van der Waals surface area contributed by atoms with Crippen LogP contribution in [0.3, 0.4) is 0 Å². The fraction of sp³-hybridized carbons (Fsp3) is 0.909. The smallest absolute Gasteiger partial charge is 0.305 e. The number of alkyl halides is 1. The number of esters is 1. The average molecular weight is 202 g/mol.